The summed E-state index contributed by atoms with van der Waals surface area (Å²) in [5, 5.41) is 0.0964. The van der Waals surface area contributed by atoms with Crippen molar-refractivity contribution in [1.29, 1.82) is 0 Å². The van der Waals surface area contributed by atoms with Crippen LogP contribution in [0.4, 0.5) is 5.95 Å². The normalized spacial score (nSPS) is 11.7. The van der Waals surface area contributed by atoms with Crippen LogP contribution in [0.1, 0.15) is 5.56 Å². The van der Waals surface area contributed by atoms with Gasteiger partial charge in [-0.1, -0.05) is 29.3 Å². The first-order chi connectivity index (χ1) is 9.95. The maximum atomic E-state index is 12.2. The zero-order valence-corrected chi connectivity index (χ0v) is 12.4. The van der Waals surface area contributed by atoms with Crippen LogP contribution in [-0.4, -0.2) is 28.4 Å². The first-order valence-corrected chi connectivity index (χ1v) is 7.78. The predicted molar refractivity (Wildman–Crippen MR) is 78.7 cm³/mol. The Morgan fingerprint density at radius 3 is 2.62 bits per heavy atom. The van der Waals surface area contributed by atoms with Crippen molar-refractivity contribution in [3.05, 3.63) is 41.3 Å². The predicted octanol–water partition coefficient (Wildman–Crippen LogP) is 2.12. The minimum absolute atomic E-state index is 0.0964. The van der Waals surface area contributed by atoms with Gasteiger partial charge in [-0.15, -0.1) is 0 Å². The zero-order chi connectivity index (χ0) is 15.0. The minimum Gasteiger partial charge on any atom is -0.341 e. The zero-order valence-electron chi connectivity index (χ0n) is 10.8. The molecule has 2 heterocycles. The van der Waals surface area contributed by atoms with E-state index in [1.165, 1.54) is 18.5 Å². The minimum atomic E-state index is -3.77. The molecule has 0 fully saturated rings. The van der Waals surface area contributed by atoms with E-state index in [4.69, 9.17) is 11.6 Å². The van der Waals surface area contributed by atoms with Crippen molar-refractivity contribution in [2.45, 2.75) is 11.8 Å². The molecule has 7 nitrogen and oxygen atoms in total. The van der Waals surface area contributed by atoms with Gasteiger partial charge in [0.05, 0.1) is 11.2 Å². The van der Waals surface area contributed by atoms with Gasteiger partial charge in [0.1, 0.15) is 5.52 Å². The molecular formula is C12H10ClN5O2S. The molecule has 3 rings (SSSR count). The number of benzene rings is 1. The molecule has 0 aliphatic rings. The number of anilines is 1. The van der Waals surface area contributed by atoms with E-state index in [1.54, 1.807) is 12.1 Å². The molecular weight excluding hydrogens is 314 g/mol. The maximum absolute atomic E-state index is 12.2. The summed E-state index contributed by atoms with van der Waals surface area (Å²) < 4.78 is 26.8. The van der Waals surface area contributed by atoms with E-state index in [0.29, 0.717) is 5.52 Å². The molecule has 2 N–H and O–H groups in total. The number of fused-ring (bicyclic) bond motifs is 1. The molecule has 2 aromatic heterocycles. The fraction of sp³-hybridized carbons (Fsp3) is 0.0833. The van der Waals surface area contributed by atoms with Crippen molar-refractivity contribution in [2.75, 3.05) is 4.72 Å². The van der Waals surface area contributed by atoms with Gasteiger partial charge < -0.3 is 4.98 Å². The lowest BCUT2D eigenvalue weighted by atomic mass is 10.2. The molecule has 0 bridgehead atoms. The van der Waals surface area contributed by atoms with Gasteiger partial charge in [0.15, 0.2) is 10.8 Å². The van der Waals surface area contributed by atoms with Gasteiger partial charge in [-0.3, -0.25) is 0 Å². The number of aromatic nitrogens is 4. The Morgan fingerprint density at radius 1 is 1.19 bits per heavy atom. The van der Waals surface area contributed by atoms with Crippen LogP contribution in [0.25, 0.3) is 11.2 Å². The molecule has 0 amide bonds. The third kappa shape index (κ3) is 2.67. The summed E-state index contributed by atoms with van der Waals surface area (Å²) in [6.45, 7) is 1.87. The lowest BCUT2D eigenvalue weighted by Gasteiger charge is -2.07. The Morgan fingerprint density at radius 2 is 1.90 bits per heavy atom. The molecule has 0 atom stereocenters. The number of sulfonamides is 1. The van der Waals surface area contributed by atoms with Gasteiger partial charge in [0, 0.05) is 0 Å². The smallest absolute Gasteiger partial charge is 0.264 e. The van der Waals surface area contributed by atoms with Crippen molar-refractivity contribution in [3.8, 4) is 0 Å². The third-order valence-electron chi connectivity index (χ3n) is 2.80. The van der Waals surface area contributed by atoms with Crippen molar-refractivity contribution >= 4 is 38.7 Å². The lowest BCUT2D eigenvalue weighted by molar-refractivity contribution is 0.601. The fourth-order valence-corrected chi connectivity index (χ4v) is 2.90. The average Bonchev–Trinajstić information content (AvgIpc) is 2.87. The second-order valence-corrected chi connectivity index (χ2v) is 6.40. The summed E-state index contributed by atoms with van der Waals surface area (Å²) in [6, 6.07) is 6.43. The highest BCUT2D eigenvalue weighted by atomic mass is 35.5. The van der Waals surface area contributed by atoms with Crippen molar-refractivity contribution in [2.24, 2.45) is 0 Å². The van der Waals surface area contributed by atoms with E-state index in [0.717, 1.165) is 5.56 Å². The Kier molecular flexibility index (Phi) is 3.26. The molecule has 0 spiro atoms. The van der Waals surface area contributed by atoms with Crippen molar-refractivity contribution in [1.82, 2.24) is 19.9 Å². The average molecular weight is 324 g/mol. The monoisotopic (exact) mass is 323 g/mol. The number of hydrogen-bond donors (Lipinski definition) is 2. The Hall–Kier alpha value is -2.19. The van der Waals surface area contributed by atoms with E-state index >= 15 is 0 Å². The Labute approximate surface area is 125 Å². The SMILES string of the molecule is Cc1ccc(S(=O)(=O)Nc2nc(Cl)c3[nH]cnc3n2)cc1. The highest BCUT2D eigenvalue weighted by Gasteiger charge is 2.17. The number of imidazole rings is 1. The van der Waals surface area contributed by atoms with Gasteiger partial charge in [0.25, 0.3) is 10.0 Å². The van der Waals surface area contributed by atoms with Crippen LogP contribution in [0, 0.1) is 6.92 Å². The Balaban J connectivity index is 1.98. The van der Waals surface area contributed by atoms with Crippen LogP contribution in [0.5, 0.6) is 0 Å². The molecule has 0 unspecified atom stereocenters. The summed E-state index contributed by atoms with van der Waals surface area (Å²) in [5.41, 5.74) is 1.71. The second-order valence-electron chi connectivity index (χ2n) is 4.36. The number of aryl methyl sites for hydroxylation is 1. The molecule has 0 saturated carbocycles. The molecule has 0 saturated heterocycles. The first kappa shape index (κ1) is 13.8. The molecule has 0 radical (unpaired) electrons. The summed E-state index contributed by atoms with van der Waals surface area (Å²) in [5.74, 6) is -0.125. The number of rotatable bonds is 3. The lowest BCUT2D eigenvalue weighted by Crippen LogP contribution is -2.15. The quantitative estimate of drug-likeness (QED) is 0.719. The van der Waals surface area contributed by atoms with Gasteiger partial charge in [-0.2, -0.15) is 9.97 Å². The van der Waals surface area contributed by atoms with E-state index in [1.807, 2.05) is 6.92 Å². The number of H-pyrrole nitrogens is 1. The summed E-state index contributed by atoms with van der Waals surface area (Å²) in [7, 11) is -3.77. The van der Waals surface area contributed by atoms with Crippen molar-refractivity contribution in [3.63, 3.8) is 0 Å². The van der Waals surface area contributed by atoms with Crippen LogP contribution < -0.4 is 4.72 Å². The molecule has 0 aliphatic heterocycles. The molecule has 0 aliphatic carbocycles. The maximum Gasteiger partial charge on any atom is 0.264 e. The summed E-state index contributed by atoms with van der Waals surface area (Å²) in [6.07, 6.45) is 1.41. The fourth-order valence-electron chi connectivity index (χ4n) is 1.74. The number of nitrogens with one attached hydrogen (secondary N) is 2. The van der Waals surface area contributed by atoms with Gasteiger partial charge in [-0.25, -0.2) is 18.1 Å². The molecule has 1 aromatic carbocycles. The van der Waals surface area contributed by atoms with Crippen LogP contribution in [-0.2, 0) is 10.0 Å². The number of aromatic amines is 1. The number of nitrogens with zero attached hydrogens (tertiary/aromatic N) is 3. The van der Waals surface area contributed by atoms with Crippen LogP contribution in [0.15, 0.2) is 35.5 Å². The first-order valence-electron chi connectivity index (χ1n) is 5.92. The van der Waals surface area contributed by atoms with Gasteiger partial charge in [0.2, 0.25) is 5.95 Å². The van der Waals surface area contributed by atoms with Crippen LogP contribution in [0.2, 0.25) is 5.15 Å². The summed E-state index contributed by atoms with van der Waals surface area (Å²) >= 11 is 5.94. The molecule has 21 heavy (non-hydrogen) atoms. The van der Waals surface area contributed by atoms with Crippen molar-refractivity contribution < 1.29 is 8.42 Å². The molecule has 3 aromatic rings. The Bertz CT molecular complexity index is 905. The molecule has 9 heteroatoms. The topological polar surface area (TPSA) is 101 Å². The van der Waals surface area contributed by atoms with Gasteiger partial charge in [-0.05, 0) is 19.1 Å². The molecule has 108 valence electrons. The number of halogens is 1. The third-order valence-corrected chi connectivity index (χ3v) is 4.42. The van der Waals surface area contributed by atoms with Crippen LogP contribution in [0.3, 0.4) is 0 Å². The highest BCUT2D eigenvalue weighted by molar-refractivity contribution is 7.92. The van der Waals surface area contributed by atoms with E-state index in [9.17, 15) is 8.42 Å². The van der Waals surface area contributed by atoms with E-state index < -0.39 is 10.0 Å². The van der Waals surface area contributed by atoms with Crippen LogP contribution >= 0.6 is 11.6 Å². The highest BCUT2D eigenvalue weighted by Crippen LogP contribution is 2.20. The van der Waals surface area contributed by atoms with Gasteiger partial charge >= 0.3 is 0 Å². The number of hydrogen-bond acceptors (Lipinski definition) is 5. The van der Waals surface area contributed by atoms with E-state index in [2.05, 4.69) is 24.7 Å². The standard InChI is InChI=1S/C12H10ClN5O2S/c1-7-2-4-8(5-3-7)21(19,20)18-12-16-10(13)9-11(17-12)15-6-14-9/h2-6H,1H3,(H2,14,15,16,17,18). The van der Waals surface area contributed by atoms with E-state index in [-0.39, 0.29) is 21.6 Å². The summed E-state index contributed by atoms with van der Waals surface area (Å²) in [4.78, 5) is 14.7. The second kappa shape index (κ2) is 4.97. The largest absolute Gasteiger partial charge is 0.341 e.